The first-order chi connectivity index (χ1) is 9.77. The third-order valence-electron chi connectivity index (χ3n) is 3.06. The summed E-state index contributed by atoms with van der Waals surface area (Å²) >= 11 is 9.40. The number of carbonyl (C=O) groups is 4. The lowest BCUT2D eigenvalue weighted by molar-refractivity contribution is -0.127. The van der Waals surface area contributed by atoms with Crippen molar-refractivity contribution >= 4 is 102 Å². The standard InChI is InChI=1S/C5H6Br2N2O2.C5H6I2N2O2/c2*1-5(2)3(10)8(6)4(11)9(5)7/h2*1-2H3. The van der Waals surface area contributed by atoms with Gasteiger partial charge >= 0.3 is 12.1 Å². The first-order valence-electron chi connectivity index (χ1n) is 5.78. The van der Waals surface area contributed by atoms with Crippen molar-refractivity contribution in [2.24, 2.45) is 0 Å². The minimum atomic E-state index is -0.805. The van der Waals surface area contributed by atoms with E-state index in [1.165, 1.54) is 7.04 Å². The van der Waals surface area contributed by atoms with Crippen LogP contribution in [0.3, 0.4) is 0 Å². The highest BCUT2D eigenvalue weighted by Crippen LogP contribution is 2.33. The van der Waals surface area contributed by atoms with Gasteiger partial charge in [-0.1, -0.05) is 0 Å². The van der Waals surface area contributed by atoms with Gasteiger partial charge in [-0.3, -0.25) is 12.7 Å². The molecule has 0 aromatic heterocycles. The number of hydrogen-bond donors (Lipinski definition) is 0. The Morgan fingerprint density at radius 2 is 1.27 bits per heavy atom. The predicted octanol–water partition coefficient (Wildman–Crippen LogP) is 3.38. The Morgan fingerprint density at radius 3 is 1.36 bits per heavy atom. The molecule has 0 atom stereocenters. The predicted molar refractivity (Wildman–Crippen MR) is 102 cm³/mol. The molecule has 2 fully saturated rings. The lowest BCUT2D eigenvalue weighted by atomic mass is 10.1. The average Bonchev–Trinajstić information content (AvgIpc) is 2.67. The molecule has 8 nitrogen and oxygen atoms in total. The maximum absolute atomic E-state index is 11.3. The largest absolute Gasteiger partial charge is 0.348 e. The Kier molecular flexibility index (Phi) is 6.16. The van der Waals surface area contributed by atoms with Crippen LogP contribution in [0.2, 0.25) is 0 Å². The van der Waals surface area contributed by atoms with E-state index in [-0.39, 0.29) is 17.8 Å². The zero-order chi connectivity index (χ0) is 17.6. The molecule has 0 spiro atoms. The van der Waals surface area contributed by atoms with Gasteiger partial charge in [0.05, 0.1) is 78.0 Å². The highest BCUT2D eigenvalue weighted by atomic mass is 127. The van der Waals surface area contributed by atoms with E-state index in [0.717, 1.165) is 7.04 Å². The topological polar surface area (TPSA) is 81.2 Å². The maximum atomic E-state index is 11.3. The summed E-state index contributed by atoms with van der Waals surface area (Å²) < 4.78 is 4.61. The fraction of sp³-hybridized carbons (Fsp3) is 0.600. The summed E-state index contributed by atoms with van der Waals surface area (Å²) in [6.07, 6.45) is 0. The van der Waals surface area contributed by atoms with Crippen LogP contribution in [0.25, 0.3) is 0 Å². The average molecular weight is 666 g/mol. The molecule has 0 aromatic rings. The SMILES string of the molecule is CC1(C)C(=O)N(Br)C(=O)N1Br.CC1(C)C(=O)N(I)C(=O)N1I. The fourth-order valence-electron chi connectivity index (χ4n) is 1.45. The molecule has 0 saturated carbocycles. The number of carbonyl (C=O) groups excluding carboxylic acids is 4. The number of urea groups is 2. The van der Waals surface area contributed by atoms with Gasteiger partial charge in [0, 0.05) is 0 Å². The van der Waals surface area contributed by atoms with E-state index < -0.39 is 17.1 Å². The third kappa shape index (κ3) is 3.24. The summed E-state index contributed by atoms with van der Waals surface area (Å²) in [5.41, 5.74) is -1.50. The van der Waals surface area contributed by atoms with E-state index >= 15 is 0 Å². The summed E-state index contributed by atoms with van der Waals surface area (Å²) in [4.78, 5) is 44.7. The summed E-state index contributed by atoms with van der Waals surface area (Å²) in [7, 11) is 0. The van der Waals surface area contributed by atoms with E-state index in [0.29, 0.717) is 0 Å². The second-order valence-corrected chi connectivity index (χ2v) is 8.77. The number of halogens is 4. The van der Waals surface area contributed by atoms with E-state index in [2.05, 4.69) is 32.3 Å². The molecule has 2 saturated heterocycles. The Morgan fingerprint density at radius 1 is 0.818 bits per heavy atom. The van der Waals surface area contributed by atoms with Crippen LogP contribution in [0.15, 0.2) is 0 Å². The van der Waals surface area contributed by atoms with Gasteiger partial charge in [0.25, 0.3) is 11.8 Å². The highest BCUT2D eigenvalue weighted by molar-refractivity contribution is 14.1. The van der Waals surface area contributed by atoms with Crippen molar-refractivity contribution in [1.29, 1.82) is 0 Å². The van der Waals surface area contributed by atoms with Gasteiger partial charge in [0.15, 0.2) is 0 Å². The van der Waals surface area contributed by atoms with Crippen LogP contribution in [-0.2, 0) is 9.59 Å². The van der Waals surface area contributed by atoms with Gasteiger partial charge in [0.1, 0.15) is 11.1 Å². The van der Waals surface area contributed by atoms with Crippen molar-refractivity contribution in [1.82, 2.24) is 14.1 Å². The molecule has 2 rings (SSSR count). The lowest BCUT2D eigenvalue weighted by Gasteiger charge is -2.19. The maximum Gasteiger partial charge on any atom is 0.348 e. The minimum absolute atomic E-state index is 0.169. The van der Waals surface area contributed by atoms with Crippen molar-refractivity contribution in [2.75, 3.05) is 0 Å². The van der Waals surface area contributed by atoms with Crippen molar-refractivity contribution in [3.05, 3.63) is 0 Å². The Balaban J connectivity index is 0.000000220. The zero-order valence-electron chi connectivity index (χ0n) is 11.9. The molecule has 0 N–H and O–H groups in total. The molecule has 6 amide bonds. The molecule has 22 heavy (non-hydrogen) atoms. The van der Waals surface area contributed by atoms with Crippen molar-refractivity contribution < 1.29 is 19.2 Å². The van der Waals surface area contributed by atoms with Gasteiger partial charge in [-0.15, -0.1) is 0 Å². The summed E-state index contributed by atoms with van der Waals surface area (Å²) in [6, 6.07) is -0.666. The molecule has 2 heterocycles. The molecule has 0 unspecified atom stereocenters. The van der Waals surface area contributed by atoms with E-state index in [9.17, 15) is 19.2 Å². The molecule has 12 heteroatoms. The number of rotatable bonds is 0. The van der Waals surface area contributed by atoms with Gasteiger partial charge in [0.2, 0.25) is 0 Å². The molecule has 2 aliphatic heterocycles. The van der Waals surface area contributed by atoms with Crippen LogP contribution in [0.5, 0.6) is 0 Å². The molecule has 0 aromatic carbocycles. The molecular weight excluding hydrogens is 654 g/mol. The second-order valence-electron chi connectivity index (χ2n) is 5.42. The molecule has 0 bridgehead atoms. The molecule has 2 aliphatic rings. The lowest BCUT2D eigenvalue weighted by Crippen LogP contribution is -2.37. The third-order valence-corrected chi connectivity index (χ3v) is 7.34. The molecular formula is C10H12Br2I2N4O4. The Bertz CT molecular complexity index is 509. The van der Waals surface area contributed by atoms with E-state index in [4.69, 9.17) is 0 Å². The summed E-state index contributed by atoms with van der Waals surface area (Å²) in [6.45, 7) is 6.75. The molecule has 0 aliphatic carbocycles. The van der Waals surface area contributed by atoms with Crippen LogP contribution < -0.4 is 0 Å². The monoisotopic (exact) mass is 664 g/mol. The quantitative estimate of drug-likeness (QED) is 0.226. The van der Waals surface area contributed by atoms with E-state index in [1.807, 2.05) is 22.9 Å². The highest BCUT2D eigenvalue weighted by Gasteiger charge is 2.50. The van der Waals surface area contributed by atoms with Gasteiger partial charge in [-0.2, -0.15) is 7.04 Å². The van der Waals surface area contributed by atoms with E-state index in [1.54, 1.807) is 50.6 Å². The van der Waals surface area contributed by atoms with Gasteiger partial charge in [-0.25, -0.2) is 13.5 Å². The summed E-state index contributed by atoms with van der Waals surface area (Å²) in [5, 5.41) is 0. The first-order valence-corrected chi connectivity index (χ1v) is 9.13. The molecule has 0 radical (unpaired) electrons. The van der Waals surface area contributed by atoms with Crippen molar-refractivity contribution in [3.8, 4) is 0 Å². The van der Waals surface area contributed by atoms with Gasteiger partial charge in [-0.05, 0) is 27.7 Å². The van der Waals surface area contributed by atoms with Crippen LogP contribution in [0.1, 0.15) is 27.7 Å². The number of amides is 6. The number of imide groups is 2. The summed E-state index contributed by atoms with van der Waals surface area (Å²) in [5.74, 6) is -0.447. The fourth-order valence-corrected chi connectivity index (χ4v) is 4.21. The van der Waals surface area contributed by atoms with Crippen LogP contribution in [-0.4, -0.2) is 49.0 Å². The number of hydrogen-bond acceptors (Lipinski definition) is 4. The first kappa shape index (κ1) is 20.3. The molecule has 124 valence electrons. The van der Waals surface area contributed by atoms with Crippen LogP contribution >= 0.6 is 78.0 Å². The van der Waals surface area contributed by atoms with Crippen molar-refractivity contribution in [2.45, 2.75) is 38.8 Å². The van der Waals surface area contributed by atoms with Gasteiger partial charge < -0.3 is 0 Å². The Hall–Kier alpha value is 0.300. The normalized spacial score (nSPS) is 23.3. The number of nitrogens with zero attached hydrogens (tertiary/aromatic N) is 4. The second kappa shape index (κ2) is 6.66. The minimum Gasteiger partial charge on any atom is -0.271 e. The van der Waals surface area contributed by atoms with Crippen LogP contribution in [0.4, 0.5) is 9.59 Å². The smallest absolute Gasteiger partial charge is 0.271 e. The van der Waals surface area contributed by atoms with Crippen molar-refractivity contribution in [3.63, 3.8) is 0 Å². The Labute approximate surface area is 172 Å². The van der Waals surface area contributed by atoms with Crippen LogP contribution in [0, 0.1) is 0 Å². The zero-order valence-corrected chi connectivity index (χ0v) is 19.4.